The van der Waals surface area contributed by atoms with Gasteiger partial charge < -0.3 is 9.42 Å². The van der Waals surface area contributed by atoms with Crippen LogP contribution in [0.3, 0.4) is 0 Å². The largest absolute Gasteiger partial charge is 0.350 e. The molecule has 1 amide bonds. The first kappa shape index (κ1) is 15.6. The summed E-state index contributed by atoms with van der Waals surface area (Å²) in [7, 11) is 0. The Labute approximate surface area is 143 Å². The number of likely N-dealkylation sites (tertiary alicyclic amines) is 1. The van der Waals surface area contributed by atoms with Crippen molar-refractivity contribution in [2.75, 3.05) is 13.1 Å². The van der Waals surface area contributed by atoms with Gasteiger partial charge in [-0.1, -0.05) is 17.3 Å². The van der Waals surface area contributed by atoms with Crippen molar-refractivity contribution < 1.29 is 13.7 Å². The molecule has 0 saturated carbocycles. The fraction of sp³-hybridized carbons (Fsp3) is 0.278. The summed E-state index contributed by atoms with van der Waals surface area (Å²) >= 11 is 0. The molecule has 0 bridgehead atoms. The fourth-order valence-corrected chi connectivity index (χ4v) is 3.17. The van der Waals surface area contributed by atoms with Gasteiger partial charge in [0.25, 0.3) is 5.91 Å². The monoisotopic (exact) mass is 340 g/mol. The molecule has 0 N–H and O–H groups in total. The summed E-state index contributed by atoms with van der Waals surface area (Å²) in [5.41, 5.74) is 1.03. The lowest BCUT2D eigenvalue weighted by atomic mass is 10.1. The van der Waals surface area contributed by atoms with E-state index in [-0.39, 0.29) is 23.5 Å². The van der Waals surface area contributed by atoms with Crippen molar-refractivity contribution in [2.45, 2.75) is 18.9 Å². The van der Waals surface area contributed by atoms with E-state index in [1.165, 1.54) is 12.1 Å². The number of hydrogen-bond donors (Lipinski definition) is 0. The zero-order chi connectivity index (χ0) is 17.2. The molecule has 2 aromatic heterocycles. The number of hydrogen-bond acceptors (Lipinski definition) is 4. The average Bonchev–Trinajstić information content (AvgIpc) is 3.33. The van der Waals surface area contributed by atoms with Crippen molar-refractivity contribution in [3.05, 3.63) is 60.4 Å². The first-order chi connectivity index (χ1) is 12.2. The molecule has 1 atom stereocenters. The number of nitrogens with zero attached hydrogens (tertiary/aromatic N) is 4. The maximum absolute atomic E-state index is 13.3. The quantitative estimate of drug-likeness (QED) is 0.735. The van der Waals surface area contributed by atoms with Crippen LogP contribution in [0.15, 0.2) is 53.3 Å². The maximum Gasteiger partial charge on any atom is 0.292 e. The molecule has 25 heavy (non-hydrogen) atoms. The van der Waals surface area contributed by atoms with E-state index in [0.717, 1.165) is 12.8 Å². The summed E-state index contributed by atoms with van der Waals surface area (Å²) < 4.78 is 20.4. The highest BCUT2D eigenvalue weighted by atomic mass is 19.1. The minimum absolute atomic E-state index is 0.165. The van der Waals surface area contributed by atoms with Crippen molar-refractivity contribution in [3.63, 3.8) is 0 Å². The van der Waals surface area contributed by atoms with Crippen LogP contribution in [0.1, 0.15) is 29.4 Å². The van der Waals surface area contributed by atoms with Crippen LogP contribution in [0.5, 0.6) is 0 Å². The molecule has 0 radical (unpaired) electrons. The van der Waals surface area contributed by atoms with Gasteiger partial charge >= 0.3 is 0 Å². The Morgan fingerprint density at radius 1 is 1.28 bits per heavy atom. The van der Waals surface area contributed by atoms with Crippen molar-refractivity contribution in [1.82, 2.24) is 19.8 Å². The number of rotatable bonds is 3. The first-order valence-corrected chi connectivity index (χ1v) is 8.22. The highest BCUT2D eigenvalue weighted by Gasteiger charge is 2.28. The summed E-state index contributed by atoms with van der Waals surface area (Å²) in [5.74, 6) is -0.390. The van der Waals surface area contributed by atoms with Gasteiger partial charge in [-0.3, -0.25) is 9.48 Å². The van der Waals surface area contributed by atoms with Crippen LogP contribution < -0.4 is 0 Å². The maximum atomic E-state index is 13.3. The minimum Gasteiger partial charge on any atom is -0.350 e. The molecule has 0 aliphatic carbocycles. The van der Waals surface area contributed by atoms with Gasteiger partial charge in [0.15, 0.2) is 0 Å². The number of benzene rings is 1. The van der Waals surface area contributed by atoms with Crippen LogP contribution in [0.4, 0.5) is 4.39 Å². The molecule has 3 heterocycles. The first-order valence-electron chi connectivity index (χ1n) is 8.22. The molecule has 3 aromatic rings. The number of piperidine rings is 1. The smallest absolute Gasteiger partial charge is 0.292 e. The third-order valence-electron chi connectivity index (χ3n) is 4.42. The van der Waals surface area contributed by atoms with Crippen LogP contribution in [0, 0.1) is 5.82 Å². The van der Waals surface area contributed by atoms with Gasteiger partial charge in [-0.2, -0.15) is 5.10 Å². The number of aromatic nitrogens is 3. The summed E-state index contributed by atoms with van der Waals surface area (Å²) in [6.07, 6.45) is 5.54. The van der Waals surface area contributed by atoms with Crippen molar-refractivity contribution >= 4 is 5.91 Å². The van der Waals surface area contributed by atoms with Crippen molar-refractivity contribution in [1.29, 1.82) is 0 Å². The summed E-state index contributed by atoms with van der Waals surface area (Å²) in [4.78, 5) is 14.5. The molecule has 1 saturated heterocycles. The van der Waals surface area contributed by atoms with E-state index in [1.54, 1.807) is 29.3 Å². The summed E-state index contributed by atoms with van der Waals surface area (Å²) in [6.45, 7) is 1.25. The lowest BCUT2D eigenvalue weighted by molar-refractivity contribution is 0.0631. The normalized spacial score (nSPS) is 17.6. The van der Waals surface area contributed by atoms with Gasteiger partial charge in [-0.25, -0.2) is 4.39 Å². The molecule has 1 fully saturated rings. The molecule has 0 unspecified atom stereocenters. The number of amides is 1. The molecule has 128 valence electrons. The van der Waals surface area contributed by atoms with Gasteiger partial charge in [0.05, 0.1) is 6.04 Å². The Hall–Kier alpha value is -2.96. The lowest BCUT2D eigenvalue weighted by Crippen LogP contribution is -2.40. The van der Waals surface area contributed by atoms with Crippen LogP contribution in [0.2, 0.25) is 0 Å². The average molecular weight is 340 g/mol. The Morgan fingerprint density at radius 3 is 3.00 bits per heavy atom. The van der Waals surface area contributed by atoms with Crippen LogP contribution in [-0.4, -0.2) is 38.8 Å². The molecule has 1 aromatic carbocycles. The SMILES string of the molecule is O=C(c1cc(-c2cccc(F)c2)no1)N1CCC[C@@H](n2cccn2)C1. The van der Waals surface area contributed by atoms with Crippen LogP contribution in [-0.2, 0) is 0 Å². The molecular formula is C18H17FN4O2. The van der Waals surface area contributed by atoms with Gasteiger partial charge in [-0.05, 0) is 31.0 Å². The molecule has 6 nitrogen and oxygen atoms in total. The second-order valence-electron chi connectivity index (χ2n) is 6.12. The van der Waals surface area contributed by atoms with Crippen molar-refractivity contribution in [2.24, 2.45) is 0 Å². The number of carbonyl (C=O) groups excluding carboxylic acids is 1. The topological polar surface area (TPSA) is 64.2 Å². The van der Waals surface area contributed by atoms with Crippen molar-refractivity contribution in [3.8, 4) is 11.3 Å². The fourth-order valence-electron chi connectivity index (χ4n) is 3.17. The predicted octanol–water partition coefficient (Wildman–Crippen LogP) is 3.15. The van der Waals surface area contributed by atoms with E-state index in [1.807, 2.05) is 16.9 Å². The van der Waals surface area contributed by atoms with Crippen LogP contribution >= 0.6 is 0 Å². The second kappa shape index (κ2) is 6.51. The van der Waals surface area contributed by atoms with E-state index in [4.69, 9.17) is 4.52 Å². The third kappa shape index (κ3) is 3.17. The van der Waals surface area contributed by atoms with Gasteiger partial charge in [0.2, 0.25) is 5.76 Å². The van der Waals surface area contributed by atoms with E-state index in [0.29, 0.717) is 24.3 Å². The van der Waals surface area contributed by atoms with E-state index >= 15 is 0 Å². The van der Waals surface area contributed by atoms with Gasteiger partial charge in [0, 0.05) is 37.1 Å². The Bertz CT molecular complexity index is 875. The Balaban J connectivity index is 1.51. The van der Waals surface area contributed by atoms with E-state index in [2.05, 4.69) is 10.3 Å². The number of carbonyl (C=O) groups is 1. The lowest BCUT2D eigenvalue weighted by Gasteiger charge is -2.32. The van der Waals surface area contributed by atoms with Gasteiger partial charge in [-0.15, -0.1) is 0 Å². The molecule has 4 rings (SSSR count). The highest BCUT2D eigenvalue weighted by Crippen LogP contribution is 2.24. The molecular weight excluding hydrogens is 323 g/mol. The zero-order valence-electron chi connectivity index (χ0n) is 13.5. The third-order valence-corrected chi connectivity index (χ3v) is 4.42. The summed E-state index contributed by atoms with van der Waals surface area (Å²) in [6, 6.07) is 9.65. The standard InChI is InChI=1S/C18H17FN4O2/c19-14-5-1-4-13(10-14)16-11-17(25-21-16)18(24)22-8-2-6-15(12-22)23-9-3-7-20-23/h1,3-5,7,9-11,15H,2,6,8,12H2/t15-/m1/s1. The minimum atomic E-state index is -0.355. The second-order valence-corrected chi connectivity index (χ2v) is 6.12. The molecule has 7 heteroatoms. The molecule has 1 aliphatic rings. The van der Waals surface area contributed by atoms with E-state index in [9.17, 15) is 9.18 Å². The van der Waals surface area contributed by atoms with Gasteiger partial charge in [0.1, 0.15) is 11.5 Å². The zero-order valence-corrected chi connectivity index (χ0v) is 13.5. The Kier molecular flexibility index (Phi) is 4.05. The summed E-state index contributed by atoms with van der Waals surface area (Å²) in [5, 5.41) is 8.17. The Morgan fingerprint density at radius 2 is 2.20 bits per heavy atom. The highest BCUT2D eigenvalue weighted by molar-refractivity contribution is 5.92. The van der Waals surface area contributed by atoms with Crippen LogP contribution in [0.25, 0.3) is 11.3 Å². The molecule has 1 aliphatic heterocycles. The number of halogens is 1. The molecule has 0 spiro atoms. The predicted molar refractivity (Wildman–Crippen MR) is 88.3 cm³/mol. The van der Waals surface area contributed by atoms with E-state index < -0.39 is 0 Å².